The maximum absolute atomic E-state index is 12.5. The molecule has 2 rings (SSSR count). The molecule has 118 valence electrons. The Labute approximate surface area is 129 Å². The number of carbonyl (C=O) groups excluding carboxylic acids is 1. The highest BCUT2D eigenvalue weighted by atomic mass is 32.2. The minimum Gasteiger partial charge on any atom is -0.465 e. The number of thiophene rings is 1. The first-order valence-electron chi connectivity index (χ1n) is 6.90. The van der Waals surface area contributed by atoms with E-state index in [-0.39, 0.29) is 4.88 Å². The molecule has 0 bridgehead atoms. The third-order valence-corrected chi connectivity index (χ3v) is 6.07. The van der Waals surface area contributed by atoms with E-state index in [1.54, 1.807) is 12.3 Å². The van der Waals surface area contributed by atoms with Crippen LogP contribution in [0.5, 0.6) is 0 Å². The average Bonchev–Trinajstić information content (AvgIpc) is 2.70. The van der Waals surface area contributed by atoms with Crippen LogP contribution in [0.3, 0.4) is 0 Å². The van der Waals surface area contributed by atoms with Crippen molar-refractivity contribution < 1.29 is 17.9 Å². The van der Waals surface area contributed by atoms with Crippen molar-refractivity contribution in [1.82, 2.24) is 4.31 Å². The number of methoxy groups -OCH3 is 1. The van der Waals surface area contributed by atoms with Crippen LogP contribution in [0, 0.1) is 6.92 Å². The SMILES string of the molecule is COC(=O)c1scc(C)c1NS(=O)(=O)N1CCCCCC1. The molecular weight excluding hydrogens is 312 g/mol. The Morgan fingerprint density at radius 2 is 1.90 bits per heavy atom. The van der Waals surface area contributed by atoms with Gasteiger partial charge in [0.15, 0.2) is 0 Å². The van der Waals surface area contributed by atoms with E-state index in [9.17, 15) is 13.2 Å². The van der Waals surface area contributed by atoms with Crippen LogP contribution in [0.25, 0.3) is 0 Å². The molecule has 0 aliphatic carbocycles. The smallest absolute Gasteiger partial charge is 0.350 e. The van der Waals surface area contributed by atoms with Crippen LogP contribution in [-0.4, -0.2) is 38.9 Å². The van der Waals surface area contributed by atoms with Gasteiger partial charge in [-0.1, -0.05) is 12.8 Å². The number of aryl methyl sites for hydroxylation is 1. The fourth-order valence-corrected chi connectivity index (χ4v) is 4.67. The lowest BCUT2D eigenvalue weighted by Crippen LogP contribution is -2.36. The second-order valence-electron chi connectivity index (χ2n) is 5.03. The van der Waals surface area contributed by atoms with E-state index < -0.39 is 16.2 Å². The Morgan fingerprint density at radius 3 is 2.48 bits per heavy atom. The number of esters is 1. The van der Waals surface area contributed by atoms with Gasteiger partial charge >= 0.3 is 16.2 Å². The van der Waals surface area contributed by atoms with Crippen LogP contribution < -0.4 is 4.72 Å². The zero-order valence-corrected chi connectivity index (χ0v) is 13.8. The Balaban J connectivity index is 2.24. The predicted octanol–water partition coefficient (Wildman–Crippen LogP) is 2.38. The molecule has 21 heavy (non-hydrogen) atoms. The Hall–Kier alpha value is -1.12. The topological polar surface area (TPSA) is 75.7 Å². The zero-order chi connectivity index (χ0) is 15.5. The summed E-state index contributed by atoms with van der Waals surface area (Å²) in [7, 11) is -2.35. The summed E-state index contributed by atoms with van der Waals surface area (Å²) in [5, 5.41) is 1.74. The normalized spacial score (nSPS) is 17.2. The molecule has 1 saturated heterocycles. The van der Waals surface area contributed by atoms with Gasteiger partial charge in [-0.25, -0.2) is 4.79 Å². The van der Waals surface area contributed by atoms with Gasteiger partial charge in [0, 0.05) is 13.1 Å². The van der Waals surface area contributed by atoms with Gasteiger partial charge < -0.3 is 4.74 Å². The molecule has 1 aliphatic rings. The number of hydrogen-bond acceptors (Lipinski definition) is 5. The molecule has 1 aromatic rings. The molecule has 0 aromatic carbocycles. The molecule has 0 radical (unpaired) electrons. The fraction of sp³-hybridized carbons (Fsp3) is 0.615. The molecular formula is C13H20N2O4S2. The third kappa shape index (κ3) is 3.75. The van der Waals surface area contributed by atoms with Gasteiger partial charge in [-0.3, -0.25) is 4.72 Å². The molecule has 1 aliphatic heterocycles. The molecule has 0 spiro atoms. The second-order valence-corrected chi connectivity index (χ2v) is 7.59. The van der Waals surface area contributed by atoms with Crippen molar-refractivity contribution in [2.45, 2.75) is 32.6 Å². The molecule has 0 saturated carbocycles. The minimum absolute atomic E-state index is 0.286. The van der Waals surface area contributed by atoms with Gasteiger partial charge in [0.1, 0.15) is 4.88 Å². The molecule has 1 fully saturated rings. The van der Waals surface area contributed by atoms with Gasteiger partial charge in [0.25, 0.3) is 0 Å². The van der Waals surface area contributed by atoms with Crippen molar-refractivity contribution in [3.8, 4) is 0 Å². The second kappa shape index (κ2) is 6.76. The van der Waals surface area contributed by atoms with Gasteiger partial charge in [-0.15, -0.1) is 11.3 Å². The van der Waals surface area contributed by atoms with Crippen LogP contribution in [0.1, 0.15) is 40.9 Å². The summed E-state index contributed by atoms with van der Waals surface area (Å²) in [4.78, 5) is 12.0. The van der Waals surface area contributed by atoms with E-state index >= 15 is 0 Å². The first kappa shape index (κ1) is 16.3. The molecule has 0 amide bonds. The lowest BCUT2D eigenvalue weighted by molar-refractivity contribution is 0.0607. The number of hydrogen-bond donors (Lipinski definition) is 1. The molecule has 1 aromatic heterocycles. The van der Waals surface area contributed by atoms with Gasteiger partial charge in [0.2, 0.25) is 0 Å². The van der Waals surface area contributed by atoms with E-state index in [0.29, 0.717) is 18.8 Å². The molecule has 0 unspecified atom stereocenters. The number of rotatable bonds is 4. The lowest BCUT2D eigenvalue weighted by atomic mass is 10.2. The highest BCUT2D eigenvalue weighted by Crippen LogP contribution is 2.30. The van der Waals surface area contributed by atoms with Crippen molar-refractivity contribution in [3.05, 3.63) is 15.8 Å². The van der Waals surface area contributed by atoms with Crippen molar-refractivity contribution in [3.63, 3.8) is 0 Å². The molecule has 2 heterocycles. The highest BCUT2D eigenvalue weighted by Gasteiger charge is 2.26. The van der Waals surface area contributed by atoms with Crippen LogP contribution in [0.2, 0.25) is 0 Å². The largest absolute Gasteiger partial charge is 0.465 e. The average molecular weight is 332 g/mol. The summed E-state index contributed by atoms with van der Waals surface area (Å²) in [5.74, 6) is -0.526. The maximum atomic E-state index is 12.5. The van der Waals surface area contributed by atoms with Crippen molar-refractivity contribution in [2.75, 3.05) is 24.9 Å². The molecule has 6 nitrogen and oxygen atoms in total. The van der Waals surface area contributed by atoms with Gasteiger partial charge in [-0.05, 0) is 30.7 Å². The summed E-state index contributed by atoms with van der Waals surface area (Å²) < 4.78 is 33.7. The third-order valence-electron chi connectivity index (χ3n) is 3.48. The van der Waals surface area contributed by atoms with E-state index in [0.717, 1.165) is 31.2 Å². The highest BCUT2D eigenvalue weighted by molar-refractivity contribution is 7.90. The van der Waals surface area contributed by atoms with Crippen LogP contribution in [0.15, 0.2) is 5.38 Å². The van der Waals surface area contributed by atoms with E-state index in [4.69, 9.17) is 4.74 Å². The summed E-state index contributed by atoms with van der Waals surface area (Å²) >= 11 is 1.18. The standard InChI is InChI=1S/C13H20N2O4S2/c1-10-9-20-12(13(16)19-2)11(10)14-21(17,18)15-7-5-3-4-6-8-15/h9,14H,3-8H2,1-2H3. The quantitative estimate of drug-likeness (QED) is 0.859. The van der Waals surface area contributed by atoms with Crippen molar-refractivity contribution >= 4 is 33.2 Å². The summed E-state index contributed by atoms with van der Waals surface area (Å²) in [5.41, 5.74) is 1.05. The minimum atomic E-state index is -3.63. The Morgan fingerprint density at radius 1 is 1.29 bits per heavy atom. The van der Waals surface area contributed by atoms with E-state index in [1.165, 1.54) is 22.8 Å². The number of nitrogens with zero attached hydrogens (tertiary/aromatic N) is 1. The lowest BCUT2D eigenvalue weighted by Gasteiger charge is -2.21. The molecule has 1 N–H and O–H groups in total. The monoisotopic (exact) mass is 332 g/mol. The van der Waals surface area contributed by atoms with Gasteiger partial charge in [0.05, 0.1) is 12.8 Å². The first-order valence-corrected chi connectivity index (χ1v) is 9.22. The summed E-state index contributed by atoms with van der Waals surface area (Å²) in [6, 6.07) is 0. The van der Waals surface area contributed by atoms with Crippen LogP contribution >= 0.6 is 11.3 Å². The van der Waals surface area contributed by atoms with Crippen molar-refractivity contribution in [2.24, 2.45) is 0 Å². The maximum Gasteiger partial charge on any atom is 0.350 e. The summed E-state index contributed by atoms with van der Waals surface area (Å²) in [6.45, 7) is 2.81. The number of carbonyl (C=O) groups is 1. The first-order chi connectivity index (χ1) is 9.95. The Kier molecular flexibility index (Phi) is 5.23. The van der Waals surface area contributed by atoms with E-state index in [1.807, 2.05) is 0 Å². The predicted molar refractivity (Wildman–Crippen MR) is 83.0 cm³/mol. The Bertz CT molecular complexity index is 602. The zero-order valence-electron chi connectivity index (χ0n) is 12.2. The summed E-state index contributed by atoms with van der Waals surface area (Å²) in [6.07, 6.45) is 3.84. The molecule has 8 heteroatoms. The fourth-order valence-electron chi connectivity index (χ4n) is 2.29. The van der Waals surface area contributed by atoms with Gasteiger partial charge in [-0.2, -0.15) is 12.7 Å². The van der Waals surface area contributed by atoms with E-state index in [2.05, 4.69) is 4.72 Å². The number of ether oxygens (including phenoxy) is 1. The van der Waals surface area contributed by atoms with Crippen LogP contribution in [-0.2, 0) is 14.9 Å². The van der Waals surface area contributed by atoms with Crippen LogP contribution in [0.4, 0.5) is 5.69 Å². The van der Waals surface area contributed by atoms with Crippen molar-refractivity contribution in [1.29, 1.82) is 0 Å². The number of anilines is 1. The molecule has 0 atom stereocenters. The number of nitrogens with one attached hydrogen (secondary N) is 1.